The Bertz CT molecular complexity index is 2890. The van der Waals surface area contributed by atoms with Crippen molar-refractivity contribution in [2.45, 2.75) is 0 Å². The van der Waals surface area contributed by atoms with Gasteiger partial charge in [-0.15, -0.1) is 0 Å². The summed E-state index contributed by atoms with van der Waals surface area (Å²) in [5, 5.41) is 15.2. The molecule has 0 aromatic heterocycles. The van der Waals surface area contributed by atoms with E-state index < -0.39 is 0 Å². The third-order valence-electron chi connectivity index (χ3n) is 10.2. The zero-order valence-corrected chi connectivity index (χ0v) is 26.3. The minimum atomic E-state index is 1.23. The Morgan fingerprint density at radius 1 is 0.188 bits per heavy atom. The molecule has 0 nitrogen and oxygen atoms in total. The molecule has 0 amide bonds. The van der Waals surface area contributed by atoms with Crippen molar-refractivity contribution < 1.29 is 0 Å². The minimum Gasteiger partial charge on any atom is -0.0616 e. The van der Waals surface area contributed by atoms with Crippen LogP contribution in [0, 0.1) is 0 Å². The molecule has 0 N–H and O–H groups in total. The Hall–Kier alpha value is -6.24. The van der Waals surface area contributed by atoms with Crippen LogP contribution < -0.4 is 0 Å². The van der Waals surface area contributed by atoms with Gasteiger partial charge in [0.15, 0.2) is 0 Å². The summed E-state index contributed by atoms with van der Waals surface area (Å²) in [5.74, 6) is 0. The number of hydrogen-bond acceptors (Lipinski definition) is 0. The fraction of sp³-hybridized carbons (Fsp3) is 0. The molecule has 10 rings (SSSR count). The van der Waals surface area contributed by atoms with E-state index in [1.54, 1.807) is 0 Å². The normalized spacial score (nSPS) is 11.8. The molecule has 0 heterocycles. The molecular formula is C48H30. The summed E-state index contributed by atoms with van der Waals surface area (Å²) in [7, 11) is 0. The highest BCUT2D eigenvalue weighted by molar-refractivity contribution is 6.24. The largest absolute Gasteiger partial charge is 0.0616 e. The monoisotopic (exact) mass is 606 g/mol. The third-order valence-corrected chi connectivity index (χ3v) is 10.2. The van der Waals surface area contributed by atoms with Crippen molar-refractivity contribution in [3.63, 3.8) is 0 Å². The summed E-state index contributed by atoms with van der Waals surface area (Å²) < 4.78 is 0. The van der Waals surface area contributed by atoms with Gasteiger partial charge in [-0.2, -0.15) is 0 Å². The quantitative estimate of drug-likeness (QED) is 0.176. The smallest absolute Gasteiger partial charge is 0.00921 e. The van der Waals surface area contributed by atoms with Gasteiger partial charge >= 0.3 is 0 Å². The van der Waals surface area contributed by atoms with E-state index in [0.29, 0.717) is 0 Å². The Labute approximate surface area is 279 Å². The zero-order chi connectivity index (χ0) is 31.6. The third kappa shape index (κ3) is 4.24. The molecule has 0 spiro atoms. The van der Waals surface area contributed by atoms with Gasteiger partial charge in [-0.25, -0.2) is 0 Å². The van der Waals surface area contributed by atoms with Crippen molar-refractivity contribution in [3.8, 4) is 33.4 Å². The maximum Gasteiger partial charge on any atom is -0.00921 e. The molecule has 0 bridgehead atoms. The second-order valence-electron chi connectivity index (χ2n) is 12.9. The molecule has 0 aliphatic carbocycles. The SMILES string of the molecule is c1ccc2cc(-c3cc4c5cc(-c6cccc7ccccc67)ccc5c(-c5ccc6ccccc6c5)cc4c4ccccc34)ccc2c1. The summed E-state index contributed by atoms with van der Waals surface area (Å²) in [6.45, 7) is 0. The first-order chi connectivity index (χ1) is 23.8. The maximum atomic E-state index is 2.45. The Balaban J connectivity index is 1.33. The Morgan fingerprint density at radius 3 is 1.29 bits per heavy atom. The summed E-state index contributed by atoms with van der Waals surface area (Å²) in [4.78, 5) is 0. The number of fused-ring (bicyclic) bond motifs is 8. The summed E-state index contributed by atoms with van der Waals surface area (Å²) in [6, 6.07) is 67.3. The molecule has 0 radical (unpaired) electrons. The molecule has 0 fully saturated rings. The van der Waals surface area contributed by atoms with Gasteiger partial charge in [0.25, 0.3) is 0 Å². The molecule has 0 aliphatic rings. The van der Waals surface area contributed by atoms with Gasteiger partial charge in [0.05, 0.1) is 0 Å². The van der Waals surface area contributed by atoms with Crippen LogP contribution in [0.4, 0.5) is 0 Å². The minimum absolute atomic E-state index is 1.23. The van der Waals surface area contributed by atoms with E-state index in [9.17, 15) is 0 Å². The highest BCUT2D eigenvalue weighted by Gasteiger charge is 2.16. The average Bonchev–Trinajstić information content (AvgIpc) is 3.16. The van der Waals surface area contributed by atoms with Crippen LogP contribution in [0.15, 0.2) is 182 Å². The van der Waals surface area contributed by atoms with Crippen LogP contribution in [0.1, 0.15) is 0 Å². The Morgan fingerprint density at radius 2 is 0.625 bits per heavy atom. The standard InChI is InChI=1S/C48H30/c1-3-13-34-26-36(22-20-31(34)10-1)44-30-48-46-28-38(40-19-9-15-33-12-5-6-16-39(33)40)24-25-43(46)45(29-47(48)42-18-8-7-17-41(42)44)37-23-21-32-11-2-4-14-35(32)27-37/h1-30H. The molecule has 0 heteroatoms. The molecule has 10 aromatic rings. The van der Waals surface area contributed by atoms with Crippen molar-refractivity contribution in [1.82, 2.24) is 0 Å². The van der Waals surface area contributed by atoms with Crippen molar-refractivity contribution in [3.05, 3.63) is 182 Å². The first kappa shape index (κ1) is 26.9. The molecule has 0 unspecified atom stereocenters. The van der Waals surface area contributed by atoms with E-state index in [2.05, 4.69) is 182 Å². The van der Waals surface area contributed by atoms with Gasteiger partial charge in [-0.1, -0.05) is 152 Å². The average molecular weight is 607 g/mol. The van der Waals surface area contributed by atoms with Crippen molar-refractivity contribution in [2.24, 2.45) is 0 Å². The lowest BCUT2D eigenvalue weighted by molar-refractivity contribution is 1.67. The van der Waals surface area contributed by atoms with E-state index in [1.807, 2.05) is 0 Å². The van der Waals surface area contributed by atoms with Crippen LogP contribution in [0.2, 0.25) is 0 Å². The second-order valence-corrected chi connectivity index (χ2v) is 12.9. The lowest BCUT2D eigenvalue weighted by Gasteiger charge is -2.18. The second kappa shape index (κ2) is 10.7. The van der Waals surface area contributed by atoms with Gasteiger partial charge < -0.3 is 0 Å². The molecule has 48 heavy (non-hydrogen) atoms. The molecule has 10 aromatic carbocycles. The fourth-order valence-electron chi connectivity index (χ4n) is 7.84. The van der Waals surface area contributed by atoms with Crippen LogP contribution in [-0.2, 0) is 0 Å². The Kier molecular flexibility index (Phi) is 5.98. The van der Waals surface area contributed by atoms with Crippen LogP contribution in [0.25, 0.3) is 98.0 Å². The van der Waals surface area contributed by atoms with Crippen LogP contribution in [0.5, 0.6) is 0 Å². The summed E-state index contributed by atoms with van der Waals surface area (Å²) >= 11 is 0. The number of benzene rings is 10. The molecule has 0 saturated heterocycles. The first-order valence-electron chi connectivity index (χ1n) is 16.7. The van der Waals surface area contributed by atoms with E-state index in [1.165, 1.54) is 98.0 Å². The predicted octanol–water partition coefficient (Wildman–Crippen LogP) is 13.6. The van der Waals surface area contributed by atoms with Gasteiger partial charge in [-0.05, 0) is 128 Å². The number of hydrogen-bond donors (Lipinski definition) is 0. The maximum absolute atomic E-state index is 2.45. The molecule has 0 atom stereocenters. The summed E-state index contributed by atoms with van der Waals surface area (Å²) in [6.07, 6.45) is 0. The highest BCUT2D eigenvalue weighted by Crippen LogP contribution is 2.44. The topological polar surface area (TPSA) is 0 Å². The first-order valence-corrected chi connectivity index (χ1v) is 16.7. The molecule has 0 saturated carbocycles. The van der Waals surface area contributed by atoms with Gasteiger partial charge in [0.2, 0.25) is 0 Å². The molecular weight excluding hydrogens is 577 g/mol. The summed E-state index contributed by atoms with van der Waals surface area (Å²) in [5.41, 5.74) is 7.49. The predicted molar refractivity (Wildman–Crippen MR) is 208 cm³/mol. The lowest BCUT2D eigenvalue weighted by Crippen LogP contribution is -1.90. The van der Waals surface area contributed by atoms with Crippen molar-refractivity contribution in [2.75, 3.05) is 0 Å². The van der Waals surface area contributed by atoms with E-state index in [0.717, 1.165) is 0 Å². The van der Waals surface area contributed by atoms with E-state index >= 15 is 0 Å². The lowest BCUT2D eigenvalue weighted by atomic mass is 9.86. The van der Waals surface area contributed by atoms with Gasteiger partial charge in [0.1, 0.15) is 0 Å². The van der Waals surface area contributed by atoms with Gasteiger partial charge in [-0.3, -0.25) is 0 Å². The van der Waals surface area contributed by atoms with Crippen molar-refractivity contribution >= 4 is 64.6 Å². The van der Waals surface area contributed by atoms with E-state index in [-0.39, 0.29) is 0 Å². The number of rotatable bonds is 3. The highest BCUT2D eigenvalue weighted by atomic mass is 14.2. The van der Waals surface area contributed by atoms with Crippen molar-refractivity contribution in [1.29, 1.82) is 0 Å². The van der Waals surface area contributed by atoms with Crippen LogP contribution in [0.3, 0.4) is 0 Å². The van der Waals surface area contributed by atoms with Crippen LogP contribution in [-0.4, -0.2) is 0 Å². The van der Waals surface area contributed by atoms with Gasteiger partial charge in [0, 0.05) is 0 Å². The zero-order valence-electron chi connectivity index (χ0n) is 26.3. The van der Waals surface area contributed by atoms with Crippen LogP contribution >= 0.6 is 0 Å². The fourth-order valence-corrected chi connectivity index (χ4v) is 7.84. The van der Waals surface area contributed by atoms with E-state index in [4.69, 9.17) is 0 Å². The molecule has 222 valence electrons. The molecule has 0 aliphatic heterocycles.